The molecule has 138 valence electrons. The normalized spacial score (nSPS) is 12.1. The van der Waals surface area contributed by atoms with E-state index in [1.165, 1.54) is 0 Å². The Morgan fingerprint density at radius 2 is 1.89 bits per heavy atom. The van der Waals surface area contributed by atoms with Gasteiger partial charge in [-0.05, 0) is 70.4 Å². The van der Waals surface area contributed by atoms with E-state index in [0.717, 1.165) is 21.1 Å². The van der Waals surface area contributed by atoms with Gasteiger partial charge in [0.25, 0.3) is 0 Å². The van der Waals surface area contributed by atoms with Crippen molar-refractivity contribution >= 4 is 45.0 Å². The predicted molar refractivity (Wildman–Crippen MR) is 117 cm³/mol. The number of aryl methyl sites for hydroxylation is 1. The quantitative estimate of drug-likeness (QED) is 0.367. The highest BCUT2D eigenvalue weighted by Gasteiger charge is 2.13. The molecule has 4 aromatic rings. The number of aliphatic imine (C=N–C) groups is 1. The first-order chi connectivity index (χ1) is 13.6. The molecule has 5 heteroatoms. The van der Waals surface area contributed by atoms with Crippen molar-refractivity contribution in [1.82, 2.24) is 4.98 Å². The number of rotatable bonds is 4. The molecule has 1 N–H and O–H groups in total. The summed E-state index contributed by atoms with van der Waals surface area (Å²) in [5.41, 5.74) is 4.81. The molecule has 4 nitrogen and oxygen atoms in total. The van der Waals surface area contributed by atoms with Gasteiger partial charge in [0.1, 0.15) is 11.3 Å². The smallest absolute Gasteiger partial charge is 0.231 e. The van der Waals surface area contributed by atoms with E-state index in [9.17, 15) is 5.11 Å². The third kappa shape index (κ3) is 4.05. The molecule has 0 aliphatic heterocycles. The standard InChI is InChI=1S/C23H17BrN2O2/c1-15-7-10-22-20(11-15)26-23(28-22)19-13-18(8-9-21(19)27)25-14-17(24)12-16-5-3-2-4-6-16/h2-14,27H,1H3/b17-12-,25-14?. The summed E-state index contributed by atoms with van der Waals surface area (Å²) in [5, 5.41) is 10.3. The third-order valence-electron chi connectivity index (χ3n) is 4.19. The maximum absolute atomic E-state index is 10.3. The number of hydrogen-bond acceptors (Lipinski definition) is 4. The maximum atomic E-state index is 10.3. The second kappa shape index (κ2) is 7.82. The molecule has 1 heterocycles. The lowest BCUT2D eigenvalue weighted by atomic mass is 10.2. The van der Waals surface area contributed by atoms with Crippen LogP contribution in [-0.4, -0.2) is 16.3 Å². The summed E-state index contributed by atoms with van der Waals surface area (Å²) in [7, 11) is 0. The zero-order chi connectivity index (χ0) is 19.5. The lowest BCUT2D eigenvalue weighted by molar-refractivity contribution is 0.474. The molecule has 4 rings (SSSR count). The molecule has 0 saturated heterocycles. The lowest BCUT2D eigenvalue weighted by Crippen LogP contribution is -1.80. The Morgan fingerprint density at radius 3 is 2.71 bits per heavy atom. The Morgan fingerprint density at radius 1 is 1.07 bits per heavy atom. The summed E-state index contributed by atoms with van der Waals surface area (Å²) in [6.07, 6.45) is 3.70. The fourth-order valence-corrected chi connectivity index (χ4v) is 3.18. The van der Waals surface area contributed by atoms with Crippen molar-refractivity contribution in [3.8, 4) is 17.2 Å². The first kappa shape index (κ1) is 18.2. The van der Waals surface area contributed by atoms with E-state index in [4.69, 9.17) is 4.42 Å². The SMILES string of the molecule is Cc1ccc2oc(-c3cc(N=C/C(Br)=C/c4ccccc4)ccc3O)nc2c1. The molecule has 0 amide bonds. The van der Waals surface area contributed by atoms with E-state index >= 15 is 0 Å². The fourth-order valence-electron chi connectivity index (χ4n) is 2.81. The van der Waals surface area contributed by atoms with Gasteiger partial charge in [-0.25, -0.2) is 4.98 Å². The average molecular weight is 433 g/mol. The summed E-state index contributed by atoms with van der Waals surface area (Å²) in [4.78, 5) is 8.97. The van der Waals surface area contributed by atoms with Crippen LogP contribution >= 0.6 is 15.9 Å². The van der Waals surface area contributed by atoms with Gasteiger partial charge in [0.2, 0.25) is 5.89 Å². The molecule has 0 spiro atoms. The molecular weight excluding hydrogens is 416 g/mol. The van der Waals surface area contributed by atoms with Crippen LogP contribution in [0.25, 0.3) is 28.6 Å². The van der Waals surface area contributed by atoms with Crippen molar-refractivity contribution in [2.24, 2.45) is 4.99 Å². The number of allylic oxidation sites excluding steroid dienone is 1. The van der Waals surface area contributed by atoms with Crippen molar-refractivity contribution in [3.05, 3.63) is 82.3 Å². The maximum Gasteiger partial charge on any atom is 0.231 e. The number of phenolic OH excluding ortho intramolecular Hbond substituents is 1. The van der Waals surface area contributed by atoms with Crippen LogP contribution in [0.15, 0.2) is 80.6 Å². The number of aromatic nitrogens is 1. The molecule has 3 aromatic carbocycles. The molecule has 0 atom stereocenters. The number of fused-ring (bicyclic) bond motifs is 1. The van der Waals surface area contributed by atoms with Crippen LogP contribution < -0.4 is 0 Å². The summed E-state index contributed by atoms with van der Waals surface area (Å²) in [6, 6.07) is 20.9. The van der Waals surface area contributed by atoms with Crippen molar-refractivity contribution in [2.75, 3.05) is 0 Å². The topological polar surface area (TPSA) is 58.6 Å². The first-order valence-electron chi connectivity index (χ1n) is 8.75. The Hall–Kier alpha value is -3.18. The second-order valence-electron chi connectivity index (χ2n) is 6.39. The van der Waals surface area contributed by atoms with E-state index in [-0.39, 0.29) is 5.75 Å². The zero-order valence-electron chi connectivity index (χ0n) is 15.1. The summed E-state index contributed by atoms with van der Waals surface area (Å²) >= 11 is 3.51. The zero-order valence-corrected chi connectivity index (χ0v) is 16.7. The number of oxazole rings is 1. The highest BCUT2D eigenvalue weighted by atomic mass is 79.9. The lowest BCUT2D eigenvalue weighted by Gasteiger charge is -2.01. The molecule has 0 fully saturated rings. The van der Waals surface area contributed by atoms with Crippen molar-refractivity contribution < 1.29 is 9.52 Å². The van der Waals surface area contributed by atoms with E-state index in [0.29, 0.717) is 22.7 Å². The van der Waals surface area contributed by atoms with E-state index in [1.807, 2.05) is 61.5 Å². The molecule has 28 heavy (non-hydrogen) atoms. The number of hydrogen-bond donors (Lipinski definition) is 1. The number of benzene rings is 3. The van der Waals surface area contributed by atoms with Crippen LogP contribution in [0.4, 0.5) is 5.69 Å². The fraction of sp³-hybridized carbons (Fsp3) is 0.0435. The molecule has 0 bridgehead atoms. The minimum absolute atomic E-state index is 0.0983. The molecule has 0 unspecified atom stereocenters. The molecule has 1 aromatic heterocycles. The number of aromatic hydroxyl groups is 1. The van der Waals surface area contributed by atoms with E-state index in [1.54, 1.807) is 24.4 Å². The van der Waals surface area contributed by atoms with Crippen LogP contribution in [0.2, 0.25) is 0 Å². The highest BCUT2D eigenvalue weighted by Crippen LogP contribution is 2.34. The minimum Gasteiger partial charge on any atom is -0.507 e. The number of nitrogens with zero attached hydrogens (tertiary/aromatic N) is 2. The van der Waals surface area contributed by atoms with Gasteiger partial charge >= 0.3 is 0 Å². The van der Waals surface area contributed by atoms with Crippen molar-refractivity contribution in [3.63, 3.8) is 0 Å². The van der Waals surface area contributed by atoms with Crippen LogP contribution in [0.3, 0.4) is 0 Å². The first-order valence-corrected chi connectivity index (χ1v) is 9.55. The van der Waals surface area contributed by atoms with E-state index in [2.05, 4.69) is 25.9 Å². The van der Waals surface area contributed by atoms with E-state index < -0.39 is 0 Å². The molecule has 0 radical (unpaired) electrons. The van der Waals surface area contributed by atoms with Gasteiger partial charge in [-0.2, -0.15) is 0 Å². The van der Waals surface area contributed by atoms with Gasteiger partial charge in [-0.3, -0.25) is 4.99 Å². The monoisotopic (exact) mass is 432 g/mol. The van der Waals surface area contributed by atoms with Crippen LogP contribution in [-0.2, 0) is 0 Å². The largest absolute Gasteiger partial charge is 0.507 e. The van der Waals surface area contributed by atoms with Gasteiger partial charge in [-0.15, -0.1) is 0 Å². The summed E-state index contributed by atoms with van der Waals surface area (Å²) < 4.78 is 6.64. The average Bonchev–Trinajstić information content (AvgIpc) is 3.11. The summed E-state index contributed by atoms with van der Waals surface area (Å²) in [6.45, 7) is 2.00. The van der Waals surface area contributed by atoms with Gasteiger partial charge < -0.3 is 9.52 Å². The second-order valence-corrected chi connectivity index (χ2v) is 7.31. The Labute approximate surface area is 171 Å². The number of halogens is 1. The van der Waals surface area contributed by atoms with Gasteiger partial charge in [0, 0.05) is 10.7 Å². The van der Waals surface area contributed by atoms with Crippen molar-refractivity contribution in [2.45, 2.75) is 6.92 Å². The molecule has 0 aliphatic rings. The minimum atomic E-state index is 0.0983. The summed E-state index contributed by atoms with van der Waals surface area (Å²) in [5.74, 6) is 0.468. The van der Waals surface area contributed by atoms with Crippen LogP contribution in [0.1, 0.15) is 11.1 Å². The Kier molecular flexibility index (Phi) is 5.08. The third-order valence-corrected chi connectivity index (χ3v) is 4.63. The van der Waals surface area contributed by atoms with Gasteiger partial charge in [-0.1, -0.05) is 36.4 Å². The van der Waals surface area contributed by atoms with Gasteiger partial charge in [0.15, 0.2) is 5.58 Å². The Bertz CT molecular complexity index is 1190. The van der Waals surface area contributed by atoms with Crippen LogP contribution in [0.5, 0.6) is 5.75 Å². The molecule has 0 saturated carbocycles. The molecule has 0 aliphatic carbocycles. The van der Waals surface area contributed by atoms with Crippen LogP contribution in [0, 0.1) is 6.92 Å². The van der Waals surface area contributed by atoms with Gasteiger partial charge in [0.05, 0.1) is 11.3 Å². The molecular formula is C23H17BrN2O2. The highest BCUT2D eigenvalue weighted by molar-refractivity contribution is 9.12. The Balaban J connectivity index is 1.64. The predicted octanol–water partition coefficient (Wildman–Crippen LogP) is 6.65. The van der Waals surface area contributed by atoms with Crippen molar-refractivity contribution in [1.29, 1.82) is 0 Å². The number of phenols is 1.